The van der Waals surface area contributed by atoms with Crippen LogP contribution in [0.1, 0.15) is 57.1 Å². The van der Waals surface area contributed by atoms with Gasteiger partial charge in [0.1, 0.15) is 22.9 Å². The molecule has 33 heavy (non-hydrogen) atoms. The van der Waals surface area contributed by atoms with Gasteiger partial charge in [-0.25, -0.2) is 27.9 Å². The van der Waals surface area contributed by atoms with Crippen molar-refractivity contribution in [1.29, 1.82) is 0 Å². The Kier molecular flexibility index (Phi) is 6.35. The number of aryl methyl sites for hydroxylation is 1. The van der Waals surface area contributed by atoms with Gasteiger partial charge in [0.05, 0.1) is 17.0 Å². The number of aromatic nitrogens is 3. The van der Waals surface area contributed by atoms with Crippen molar-refractivity contribution in [3.63, 3.8) is 0 Å². The molecule has 3 rings (SSSR count). The number of nitrogens with one attached hydrogen (secondary N) is 1. The zero-order valence-corrected chi connectivity index (χ0v) is 18.6. The average molecular weight is 464 g/mol. The first-order valence-corrected chi connectivity index (χ1v) is 9.99. The van der Waals surface area contributed by atoms with Crippen LogP contribution in [0, 0.1) is 12.7 Å². The zero-order valence-electron chi connectivity index (χ0n) is 18.6. The summed E-state index contributed by atoms with van der Waals surface area (Å²) in [5.74, 6) is -1.77. The number of carbonyl (C=O) groups excluding carboxylic acids is 1. The third-order valence-electron chi connectivity index (χ3n) is 4.73. The van der Waals surface area contributed by atoms with Gasteiger partial charge in [-0.15, -0.1) is 0 Å². The molecule has 3 aromatic rings. The number of amides is 1. The third kappa shape index (κ3) is 4.91. The van der Waals surface area contributed by atoms with Crippen molar-refractivity contribution < 1.29 is 27.8 Å². The highest BCUT2D eigenvalue weighted by Crippen LogP contribution is 2.35. The predicted molar refractivity (Wildman–Crippen MR) is 115 cm³/mol. The summed E-state index contributed by atoms with van der Waals surface area (Å²) < 4.78 is 47.0. The van der Waals surface area contributed by atoms with E-state index in [4.69, 9.17) is 4.74 Å². The fourth-order valence-corrected chi connectivity index (χ4v) is 3.29. The summed E-state index contributed by atoms with van der Waals surface area (Å²) in [7, 11) is 0. The van der Waals surface area contributed by atoms with Gasteiger partial charge in [0.15, 0.2) is 11.6 Å². The van der Waals surface area contributed by atoms with E-state index in [1.54, 1.807) is 20.8 Å². The molecule has 0 aliphatic heterocycles. The number of alkyl halides is 2. The van der Waals surface area contributed by atoms with Crippen LogP contribution in [0.15, 0.2) is 29.1 Å². The highest BCUT2D eigenvalue weighted by molar-refractivity contribution is 5.98. The summed E-state index contributed by atoms with van der Waals surface area (Å²) in [6.45, 7) is 7.80. The highest BCUT2D eigenvalue weighted by Gasteiger charge is 2.33. The number of fused-ring (bicyclic) bond motifs is 1. The molecule has 11 heteroatoms. The molecule has 0 spiro atoms. The lowest BCUT2D eigenvalue weighted by molar-refractivity contribution is 0.0566. The first-order valence-electron chi connectivity index (χ1n) is 9.99. The molecule has 8 nitrogen and oxygen atoms in total. The quantitative estimate of drug-likeness (QED) is 0.568. The fraction of sp³-hybridized carbons (Fsp3) is 0.364. The standard InChI is InChI=1S/C22H23F3N4O4/c1-10(12-7-6-8-13(16(12)23)17(24)25)29(21(32)33-22(3,4)5)19-14-9-15(30)20(31)28-18(14)26-11(2)27-19/h6-10,17,30H,1-5H3,(H,26,27,28,31)/t10-/m1/s1. The number of anilines is 1. The average Bonchev–Trinajstić information content (AvgIpc) is 2.68. The maximum Gasteiger partial charge on any atom is 0.416 e. The lowest BCUT2D eigenvalue weighted by atomic mass is 10.0. The maximum atomic E-state index is 15.0. The normalized spacial score (nSPS) is 12.8. The second kappa shape index (κ2) is 8.72. The minimum absolute atomic E-state index is 0.0165. The summed E-state index contributed by atoms with van der Waals surface area (Å²) in [5.41, 5.74) is -2.75. The van der Waals surface area contributed by atoms with Crippen molar-refractivity contribution in [3.05, 3.63) is 57.4 Å². The molecule has 2 heterocycles. The molecule has 0 fully saturated rings. The van der Waals surface area contributed by atoms with Crippen LogP contribution >= 0.6 is 0 Å². The number of aromatic amines is 1. The Labute approximate surface area is 187 Å². The van der Waals surface area contributed by atoms with Crippen LogP contribution < -0.4 is 10.5 Å². The van der Waals surface area contributed by atoms with Crippen LogP contribution in [0.4, 0.5) is 23.8 Å². The molecule has 0 aliphatic rings. The van der Waals surface area contributed by atoms with E-state index in [9.17, 15) is 27.9 Å². The SMILES string of the molecule is Cc1nc(N(C(=O)OC(C)(C)C)[C@H](C)c2cccc(C(F)F)c2F)c2cc(O)c(=O)[nH]c2n1. The molecule has 1 amide bonds. The lowest BCUT2D eigenvalue weighted by Crippen LogP contribution is -2.39. The Morgan fingerprint density at radius 1 is 1.21 bits per heavy atom. The van der Waals surface area contributed by atoms with Gasteiger partial charge < -0.3 is 14.8 Å². The van der Waals surface area contributed by atoms with E-state index < -0.39 is 46.9 Å². The molecule has 0 bridgehead atoms. The van der Waals surface area contributed by atoms with E-state index in [0.717, 1.165) is 17.0 Å². The minimum atomic E-state index is -3.06. The molecule has 0 radical (unpaired) electrons. The number of aromatic hydroxyl groups is 1. The minimum Gasteiger partial charge on any atom is -0.503 e. The monoisotopic (exact) mass is 464 g/mol. The first kappa shape index (κ1) is 24.0. The number of halogens is 3. The van der Waals surface area contributed by atoms with Crippen molar-refractivity contribution in [2.24, 2.45) is 0 Å². The number of hydrogen-bond acceptors (Lipinski definition) is 6. The topological polar surface area (TPSA) is 108 Å². The molecule has 1 aromatic carbocycles. The Hall–Kier alpha value is -3.63. The van der Waals surface area contributed by atoms with Gasteiger partial charge in [0.2, 0.25) is 0 Å². The van der Waals surface area contributed by atoms with Crippen molar-refractivity contribution in [2.45, 2.75) is 52.7 Å². The van der Waals surface area contributed by atoms with Gasteiger partial charge in [-0.05, 0) is 34.6 Å². The van der Waals surface area contributed by atoms with Crippen molar-refractivity contribution >= 4 is 22.9 Å². The number of nitrogens with zero attached hydrogens (tertiary/aromatic N) is 3. The number of benzene rings is 1. The third-order valence-corrected chi connectivity index (χ3v) is 4.73. The van der Waals surface area contributed by atoms with Crippen LogP contribution in [0.5, 0.6) is 5.75 Å². The molecular formula is C22H23F3N4O4. The van der Waals surface area contributed by atoms with Crippen LogP contribution in [0.25, 0.3) is 11.0 Å². The van der Waals surface area contributed by atoms with E-state index in [-0.39, 0.29) is 28.2 Å². The molecule has 2 aromatic heterocycles. The van der Waals surface area contributed by atoms with Crippen molar-refractivity contribution in [2.75, 3.05) is 4.90 Å². The Morgan fingerprint density at radius 2 is 1.85 bits per heavy atom. The molecule has 2 N–H and O–H groups in total. The number of hydrogen-bond donors (Lipinski definition) is 2. The zero-order chi connectivity index (χ0) is 24.7. The molecule has 0 saturated heterocycles. The van der Waals surface area contributed by atoms with Gasteiger partial charge in [-0.2, -0.15) is 0 Å². The summed E-state index contributed by atoms with van der Waals surface area (Å²) in [6.07, 6.45) is -4.00. The smallest absolute Gasteiger partial charge is 0.416 e. The molecular weight excluding hydrogens is 441 g/mol. The molecule has 176 valence electrons. The summed E-state index contributed by atoms with van der Waals surface area (Å²) in [6, 6.07) is 3.40. The molecule has 0 unspecified atom stereocenters. The summed E-state index contributed by atoms with van der Waals surface area (Å²) in [4.78, 5) is 36.9. The first-order chi connectivity index (χ1) is 15.3. The van der Waals surface area contributed by atoms with E-state index in [1.807, 2.05) is 0 Å². The maximum absolute atomic E-state index is 15.0. The van der Waals surface area contributed by atoms with E-state index in [0.29, 0.717) is 0 Å². The Bertz CT molecular complexity index is 1270. The van der Waals surface area contributed by atoms with Crippen LogP contribution in [-0.2, 0) is 4.74 Å². The predicted octanol–water partition coefficient (Wildman–Crippen LogP) is 4.91. The largest absolute Gasteiger partial charge is 0.503 e. The molecule has 1 atom stereocenters. The van der Waals surface area contributed by atoms with E-state index in [2.05, 4.69) is 15.0 Å². The Morgan fingerprint density at radius 3 is 2.45 bits per heavy atom. The van der Waals surface area contributed by atoms with E-state index >= 15 is 0 Å². The fourth-order valence-electron chi connectivity index (χ4n) is 3.29. The van der Waals surface area contributed by atoms with Gasteiger partial charge in [0, 0.05) is 11.6 Å². The number of rotatable bonds is 4. The van der Waals surface area contributed by atoms with Crippen LogP contribution in [0.3, 0.4) is 0 Å². The lowest BCUT2D eigenvalue weighted by Gasteiger charge is -2.32. The Balaban J connectivity index is 2.29. The van der Waals surface area contributed by atoms with Gasteiger partial charge in [-0.3, -0.25) is 9.69 Å². The number of ether oxygens (including phenoxy) is 1. The van der Waals surface area contributed by atoms with Crippen molar-refractivity contribution in [1.82, 2.24) is 15.0 Å². The van der Waals surface area contributed by atoms with E-state index in [1.165, 1.54) is 26.0 Å². The number of carbonyl (C=O) groups is 1. The number of pyridine rings is 1. The molecule has 0 saturated carbocycles. The second-order valence-electron chi connectivity index (χ2n) is 8.42. The highest BCUT2D eigenvalue weighted by atomic mass is 19.3. The van der Waals surface area contributed by atoms with Gasteiger partial charge >= 0.3 is 6.09 Å². The second-order valence-corrected chi connectivity index (χ2v) is 8.42. The number of H-pyrrole nitrogens is 1. The summed E-state index contributed by atoms with van der Waals surface area (Å²) in [5, 5.41) is 10.0. The molecule has 0 aliphatic carbocycles. The summed E-state index contributed by atoms with van der Waals surface area (Å²) >= 11 is 0. The van der Waals surface area contributed by atoms with Gasteiger partial charge in [0.25, 0.3) is 12.0 Å². The van der Waals surface area contributed by atoms with Gasteiger partial charge in [-0.1, -0.05) is 18.2 Å². The van der Waals surface area contributed by atoms with Crippen molar-refractivity contribution in [3.8, 4) is 5.75 Å². The van der Waals surface area contributed by atoms with Crippen LogP contribution in [-0.4, -0.2) is 31.8 Å². The van der Waals surface area contributed by atoms with Crippen LogP contribution in [0.2, 0.25) is 0 Å².